The van der Waals surface area contributed by atoms with Crippen LogP contribution in [0.1, 0.15) is 43.5 Å². The molecule has 2 atom stereocenters. The Bertz CT molecular complexity index is 965. The van der Waals surface area contributed by atoms with E-state index >= 15 is 0 Å². The summed E-state index contributed by atoms with van der Waals surface area (Å²) in [6.45, 7) is 8.89. The molecule has 8 nitrogen and oxygen atoms in total. The molecule has 0 radical (unpaired) electrons. The molecule has 8 heteroatoms. The van der Waals surface area contributed by atoms with Crippen LogP contribution in [0.2, 0.25) is 0 Å². The van der Waals surface area contributed by atoms with Crippen molar-refractivity contribution in [3.63, 3.8) is 0 Å². The van der Waals surface area contributed by atoms with Crippen LogP contribution >= 0.6 is 0 Å². The highest BCUT2D eigenvalue weighted by Crippen LogP contribution is 2.24. The fourth-order valence-electron chi connectivity index (χ4n) is 4.48. The summed E-state index contributed by atoms with van der Waals surface area (Å²) in [6.07, 6.45) is 5.93. The maximum atomic E-state index is 12.8. The van der Waals surface area contributed by atoms with Gasteiger partial charge >= 0.3 is 0 Å². The Hall–Kier alpha value is -2.71. The van der Waals surface area contributed by atoms with Crippen molar-refractivity contribution in [2.75, 3.05) is 40.0 Å². The van der Waals surface area contributed by atoms with Gasteiger partial charge in [-0.2, -0.15) is 0 Å². The summed E-state index contributed by atoms with van der Waals surface area (Å²) >= 11 is 0. The van der Waals surface area contributed by atoms with Crippen molar-refractivity contribution in [1.82, 2.24) is 25.0 Å². The van der Waals surface area contributed by atoms with E-state index in [1.54, 1.807) is 7.11 Å². The average molecular weight is 454 g/mol. The first-order chi connectivity index (χ1) is 16.1. The van der Waals surface area contributed by atoms with Crippen LogP contribution in [0.3, 0.4) is 0 Å². The fraction of sp³-hybridized carbons (Fsp3) is 0.560. The first-order valence-electron chi connectivity index (χ1n) is 11.9. The van der Waals surface area contributed by atoms with Crippen molar-refractivity contribution in [2.45, 2.75) is 39.3 Å². The first-order valence-corrected chi connectivity index (χ1v) is 11.9. The lowest BCUT2D eigenvalue weighted by molar-refractivity contribution is -0.126. The number of carbonyl (C=O) groups excluding carboxylic acids is 1. The summed E-state index contributed by atoms with van der Waals surface area (Å²) in [6, 6.07) is 7.88. The van der Waals surface area contributed by atoms with Gasteiger partial charge in [0, 0.05) is 44.8 Å². The first kappa shape index (κ1) is 23.4. The van der Waals surface area contributed by atoms with Gasteiger partial charge < -0.3 is 19.4 Å². The summed E-state index contributed by atoms with van der Waals surface area (Å²) in [5, 5.41) is 12.2. The Morgan fingerprint density at radius 2 is 2.12 bits per heavy atom. The lowest BCUT2D eigenvalue weighted by Crippen LogP contribution is -2.38. The fourth-order valence-corrected chi connectivity index (χ4v) is 4.48. The number of rotatable bonds is 8. The van der Waals surface area contributed by atoms with Gasteiger partial charge in [-0.3, -0.25) is 9.69 Å². The normalized spacial score (nSPS) is 20.1. The van der Waals surface area contributed by atoms with E-state index in [1.807, 2.05) is 18.2 Å². The van der Waals surface area contributed by atoms with Gasteiger partial charge in [0.25, 0.3) is 0 Å². The number of para-hydroxylation sites is 1. The van der Waals surface area contributed by atoms with E-state index in [0.717, 1.165) is 62.0 Å². The molecule has 3 heterocycles. The number of aromatic nitrogens is 3. The van der Waals surface area contributed by atoms with Gasteiger partial charge in [0.1, 0.15) is 11.6 Å². The van der Waals surface area contributed by atoms with Crippen molar-refractivity contribution < 1.29 is 14.3 Å². The highest BCUT2D eigenvalue weighted by atomic mass is 16.5. The predicted molar refractivity (Wildman–Crippen MR) is 127 cm³/mol. The van der Waals surface area contributed by atoms with Crippen LogP contribution in [0.4, 0.5) is 0 Å². The third kappa shape index (κ3) is 5.62. The van der Waals surface area contributed by atoms with E-state index in [-0.39, 0.29) is 23.8 Å². The highest BCUT2D eigenvalue weighted by molar-refractivity contribution is 5.79. The molecule has 1 aromatic carbocycles. The second kappa shape index (κ2) is 10.9. The zero-order valence-corrected chi connectivity index (χ0v) is 19.9. The van der Waals surface area contributed by atoms with Crippen LogP contribution in [0, 0.1) is 11.8 Å². The molecule has 2 aliphatic heterocycles. The Morgan fingerprint density at radius 3 is 2.88 bits per heavy atom. The lowest BCUT2D eigenvalue weighted by atomic mass is 10.0. The molecule has 1 aromatic heterocycles. The minimum Gasteiger partial charge on any atom is -0.496 e. The lowest BCUT2D eigenvalue weighted by Gasteiger charge is -2.24. The Kier molecular flexibility index (Phi) is 7.77. The van der Waals surface area contributed by atoms with Crippen molar-refractivity contribution in [3.05, 3.63) is 47.6 Å². The van der Waals surface area contributed by atoms with Crippen molar-refractivity contribution in [3.8, 4) is 5.75 Å². The summed E-state index contributed by atoms with van der Waals surface area (Å²) in [7, 11) is 1.70. The number of fused-ring (bicyclic) bond motifs is 1. The minimum absolute atomic E-state index is 0.0558. The monoisotopic (exact) mass is 453 g/mol. The summed E-state index contributed by atoms with van der Waals surface area (Å²) in [5.41, 5.74) is 1.08. The Balaban J connectivity index is 1.40. The molecule has 2 aliphatic rings. The maximum absolute atomic E-state index is 12.8. The number of benzene rings is 1. The number of ether oxygens (including phenoxy) is 2. The van der Waals surface area contributed by atoms with Crippen LogP contribution in [0.25, 0.3) is 6.08 Å². The third-order valence-corrected chi connectivity index (χ3v) is 6.49. The molecule has 2 aromatic rings. The smallest absolute Gasteiger partial charge is 0.226 e. The largest absolute Gasteiger partial charge is 0.496 e. The standard InChI is InChI=1S/C25H35N5O3/c1-18(2)23(26-25(31)20-11-16-33-17-20)24-28-27-22-10-13-29(14-15-30(22)24)12-6-8-19-7-4-5-9-21(19)32-3/h4-9,18,20,23H,10-17H2,1-3H3,(H,26,31). The molecule has 33 heavy (non-hydrogen) atoms. The quantitative estimate of drug-likeness (QED) is 0.662. The second-order valence-corrected chi connectivity index (χ2v) is 9.11. The van der Waals surface area contributed by atoms with Gasteiger partial charge in [0.15, 0.2) is 5.82 Å². The zero-order chi connectivity index (χ0) is 23.2. The molecule has 178 valence electrons. The summed E-state index contributed by atoms with van der Waals surface area (Å²) < 4.78 is 13.0. The van der Waals surface area contributed by atoms with Crippen LogP contribution in [-0.4, -0.2) is 65.5 Å². The van der Waals surface area contributed by atoms with Gasteiger partial charge in [-0.05, 0) is 18.4 Å². The van der Waals surface area contributed by atoms with Gasteiger partial charge in [-0.1, -0.05) is 44.2 Å². The minimum atomic E-state index is -0.156. The van der Waals surface area contributed by atoms with Crippen molar-refractivity contribution in [2.24, 2.45) is 11.8 Å². The van der Waals surface area contributed by atoms with E-state index in [0.29, 0.717) is 13.2 Å². The second-order valence-electron chi connectivity index (χ2n) is 9.11. The van der Waals surface area contributed by atoms with Gasteiger partial charge in [-0.15, -0.1) is 10.2 Å². The summed E-state index contributed by atoms with van der Waals surface area (Å²) in [4.78, 5) is 15.2. The third-order valence-electron chi connectivity index (χ3n) is 6.49. The molecule has 0 aliphatic carbocycles. The number of hydrogen-bond acceptors (Lipinski definition) is 6. The highest BCUT2D eigenvalue weighted by Gasteiger charge is 2.31. The van der Waals surface area contributed by atoms with Crippen LogP contribution in [0.15, 0.2) is 30.3 Å². The molecular weight excluding hydrogens is 418 g/mol. The molecule has 2 unspecified atom stereocenters. The number of methoxy groups -OCH3 is 1. The van der Waals surface area contributed by atoms with Gasteiger partial charge in [0.05, 0.1) is 25.7 Å². The molecule has 0 saturated carbocycles. The number of hydrogen-bond donors (Lipinski definition) is 1. The van der Waals surface area contributed by atoms with E-state index in [2.05, 4.69) is 57.0 Å². The molecule has 1 fully saturated rings. The maximum Gasteiger partial charge on any atom is 0.226 e. The number of nitrogens with one attached hydrogen (secondary N) is 1. The molecule has 1 N–H and O–H groups in total. The van der Waals surface area contributed by atoms with Crippen LogP contribution in [-0.2, 0) is 22.5 Å². The SMILES string of the molecule is COc1ccccc1C=CCN1CCc2nnc(C(NC(=O)C3CCOC3)C(C)C)n2CC1. The predicted octanol–water partition coefficient (Wildman–Crippen LogP) is 2.71. The Labute approximate surface area is 196 Å². The number of carbonyl (C=O) groups is 1. The topological polar surface area (TPSA) is 81.5 Å². The van der Waals surface area contributed by atoms with Crippen LogP contribution < -0.4 is 10.1 Å². The molecular formula is C25H35N5O3. The van der Waals surface area contributed by atoms with Crippen LogP contribution in [0.5, 0.6) is 5.75 Å². The van der Waals surface area contributed by atoms with E-state index in [9.17, 15) is 4.79 Å². The van der Waals surface area contributed by atoms with Crippen molar-refractivity contribution in [1.29, 1.82) is 0 Å². The molecule has 0 bridgehead atoms. The molecule has 0 spiro atoms. The average Bonchev–Trinajstić information content (AvgIpc) is 3.45. The van der Waals surface area contributed by atoms with E-state index in [1.165, 1.54) is 0 Å². The van der Waals surface area contributed by atoms with Crippen molar-refractivity contribution >= 4 is 12.0 Å². The number of amides is 1. The number of nitrogens with zero attached hydrogens (tertiary/aromatic N) is 4. The van der Waals surface area contributed by atoms with E-state index in [4.69, 9.17) is 9.47 Å². The van der Waals surface area contributed by atoms with E-state index < -0.39 is 0 Å². The molecule has 1 saturated heterocycles. The Morgan fingerprint density at radius 1 is 1.27 bits per heavy atom. The zero-order valence-electron chi connectivity index (χ0n) is 19.9. The molecule has 1 amide bonds. The van der Waals surface area contributed by atoms with Gasteiger partial charge in [0.2, 0.25) is 5.91 Å². The van der Waals surface area contributed by atoms with Gasteiger partial charge in [-0.25, -0.2) is 0 Å². The summed E-state index contributed by atoms with van der Waals surface area (Å²) in [5.74, 6) is 2.94. The molecule has 4 rings (SSSR count).